The van der Waals surface area contributed by atoms with Crippen molar-refractivity contribution in [3.8, 4) is 5.75 Å². The molecule has 2 aromatic rings. The molecule has 1 aromatic heterocycles. The Labute approximate surface area is 134 Å². The minimum atomic E-state index is -1.38. The van der Waals surface area contributed by atoms with Crippen molar-refractivity contribution < 1.29 is 19.7 Å². The Kier molecular flexibility index (Phi) is 6.82. The predicted octanol–water partition coefficient (Wildman–Crippen LogP) is 1.82. The van der Waals surface area contributed by atoms with Gasteiger partial charge in [0.15, 0.2) is 0 Å². The SMILES string of the molecule is CC(C)(Oc1ccccc1Cl)C(=O)[O-].OCc1cccnc1. The Morgan fingerprint density at radius 3 is 2.45 bits per heavy atom. The number of carbonyl (C=O) groups is 1. The molecule has 0 aliphatic rings. The molecule has 1 N–H and O–H groups in total. The smallest absolute Gasteiger partial charge is 0.143 e. The Morgan fingerprint density at radius 1 is 1.32 bits per heavy atom. The fraction of sp³-hybridized carbons (Fsp3) is 0.250. The molecule has 0 aliphatic heterocycles. The number of hydrogen-bond donors (Lipinski definition) is 1. The van der Waals surface area contributed by atoms with E-state index in [0.717, 1.165) is 5.56 Å². The number of carboxylic acid groups (broad SMARTS) is 1. The van der Waals surface area contributed by atoms with Crippen molar-refractivity contribution in [3.63, 3.8) is 0 Å². The number of benzene rings is 1. The summed E-state index contributed by atoms with van der Waals surface area (Å²) >= 11 is 5.80. The summed E-state index contributed by atoms with van der Waals surface area (Å²) in [6.45, 7) is 2.89. The van der Waals surface area contributed by atoms with Gasteiger partial charge >= 0.3 is 0 Å². The molecule has 1 aromatic carbocycles. The number of hydrogen-bond acceptors (Lipinski definition) is 5. The van der Waals surface area contributed by atoms with Gasteiger partial charge in [0.1, 0.15) is 11.4 Å². The molecule has 1 heterocycles. The van der Waals surface area contributed by atoms with Crippen molar-refractivity contribution in [2.45, 2.75) is 26.1 Å². The van der Waals surface area contributed by atoms with Crippen LogP contribution in [0.5, 0.6) is 5.75 Å². The van der Waals surface area contributed by atoms with Gasteiger partial charge in [0.25, 0.3) is 0 Å². The van der Waals surface area contributed by atoms with Gasteiger partial charge in [-0.25, -0.2) is 0 Å². The molecule has 5 nitrogen and oxygen atoms in total. The highest BCUT2D eigenvalue weighted by molar-refractivity contribution is 6.32. The fourth-order valence-electron chi connectivity index (χ4n) is 1.34. The topological polar surface area (TPSA) is 82.5 Å². The van der Waals surface area contributed by atoms with Gasteiger partial charge in [-0.05, 0) is 37.6 Å². The van der Waals surface area contributed by atoms with Gasteiger partial charge in [0.2, 0.25) is 0 Å². The molecule has 118 valence electrons. The summed E-state index contributed by atoms with van der Waals surface area (Å²) in [4.78, 5) is 14.5. The summed E-state index contributed by atoms with van der Waals surface area (Å²) in [6.07, 6.45) is 3.32. The van der Waals surface area contributed by atoms with E-state index in [1.54, 1.807) is 42.7 Å². The van der Waals surface area contributed by atoms with Crippen molar-refractivity contribution in [2.24, 2.45) is 0 Å². The molecule has 0 saturated carbocycles. The van der Waals surface area contributed by atoms with Crippen LogP contribution in [0.1, 0.15) is 19.4 Å². The Morgan fingerprint density at radius 2 is 2.00 bits per heavy atom. The summed E-state index contributed by atoms with van der Waals surface area (Å²) in [6, 6.07) is 10.3. The average molecular weight is 323 g/mol. The van der Waals surface area contributed by atoms with E-state index in [1.807, 2.05) is 6.07 Å². The number of para-hydroxylation sites is 1. The van der Waals surface area contributed by atoms with Gasteiger partial charge < -0.3 is 19.7 Å². The molecule has 2 rings (SSSR count). The number of carboxylic acids is 1. The van der Waals surface area contributed by atoms with Crippen LogP contribution in [0.25, 0.3) is 0 Å². The monoisotopic (exact) mass is 322 g/mol. The van der Waals surface area contributed by atoms with E-state index in [2.05, 4.69) is 4.98 Å². The second-order valence-corrected chi connectivity index (χ2v) is 5.26. The first-order valence-corrected chi connectivity index (χ1v) is 6.89. The van der Waals surface area contributed by atoms with Gasteiger partial charge in [-0.15, -0.1) is 0 Å². The number of halogens is 1. The lowest BCUT2D eigenvalue weighted by molar-refractivity contribution is -0.320. The standard InChI is InChI=1S/C10H11ClO3.C6H7NO/c1-10(2,9(12)13)14-8-6-4-3-5-7(8)11;8-5-6-2-1-3-7-4-6/h3-6H,1-2H3,(H,12,13);1-4,8H,5H2/p-1. The van der Waals surface area contributed by atoms with Crippen LogP contribution in [0, 0.1) is 0 Å². The van der Waals surface area contributed by atoms with Crippen LogP contribution in [-0.2, 0) is 11.4 Å². The third-order valence-corrected chi connectivity index (χ3v) is 2.91. The van der Waals surface area contributed by atoms with Crippen LogP contribution in [0.15, 0.2) is 48.8 Å². The second kappa shape index (κ2) is 8.36. The molecular formula is C16H17ClNO4-. The highest BCUT2D eigenvalue weighted by Crippen LogP contribution is 2.26. The first kappa shape index (κ1) is 17.9. The lowest BCUT2D eigenvalue weighted by atomic mass is 10.1. The Bertz CT molecular complexity index is 602. The zero-order valence-electron chi connectivity index (χ0n) is 12.3. The summed E-state index contributed by atoms with van der Waals surface area (Å²) in [5, 5.41) is 19.5. The first-order chi connectivity index (χ1) is 10.4. The molecule has 0 bridgehead atoms. The van der Waals surface area contributed by atoms with Crippen molar-refractivity contribution in [1.82, 2.24) is 4.98 Å². The molecule has 0 fully saturated rings. The third-order valence-electron chi connectivity index (χ3n) is 2.60. The number of aliphatic hydroxyl groups excluding tert-OH is 1. The number of pyridine rings is 1. The van der Waals surface area contributed by atoms with Crippen LogP contribution in [0.3, 0.4) is 0 Å². The number of aliphatic carboxylic acids is 1. The van der Waals surface area contributed by atoms with E-state index in [9.17, 15) is 9.90 Å². The molecule has 0 radical (unpaired) electrons. The maximum atomic E-state index is 10.7. The summed E-state index contributed by atoms with van der Waals surface area (Å²) in [7, 11) is 0. The summed E-state index contributed by atoms with van der Waals surface area (Å²) in [5.41, 5.74) is -0.530. The van der Waals surface area contributed by atoms with Gasteiger partial charge in [0, 0.05) is 12.4 Å². The van der Waals surface area contributed by atoms with Gasteiger partial charge in [-0.1, -0.05) is 29.8 Å². The van der Waals surface area contributed by atoms with Crippen molar-refractivity contribution in [1.29, 1.82) is 0 Å². The molecule has 0 saturated heterocycles. The van der Waals surface area contributed by atoms with Crippen molar-refractivity contribution >= 4 is 17.6 Å². The predicted molar refractivity (Wildman–Crippen MR) is 81.3 cm³/mol. The summed E-state index contributed by atoms with van der Waals surface area (Å²) < 4.78 is 5.20. The molecule has 0 spiro atoms. The molecule has 22 heavy (non-hydrogen) atoms. The Hall–Kier alpha value is -2.11. The van der Waals surface area contributed by atoms with Gasteiger partial charge in [-0.3, -0.25) is 4.98 Å². The Balaban J connectivity index is 0.000000255. The van der Waals surface area contributed by atoms with E-state index in [-0.39, 0.29) is 6.61 Å². The van der Waals surface area contributed by atoms with E-state index in [4.69, 9.17) is 21.4 Å². The van der Waals surface area contributed by atoms with E-state index in [0.29, 0.717) is 10.8 Å². The minimum Gasteiger partial charge on any atom is -0.546 e. The second-order valence-electron chi connectivity index (χ2n) is 4.85. The fourth-order valence-corrected chi connectivity index (χ4v) is 1.51. The highest BCUT2D eigenvalue weighted by Gasteiger charge is 2.22. The summed E-state index contributed by atoms with van der Waals surface area (Å²) in [5.74, 6) is -0.944. The van der Waals surface area contributed by atoms with Crippen LogP contribution >= 0.6 is 11.6 Å². The van der Waals surface area contributed by atoms with Crippen LogP contribution in [0.2, 0.25) is 5.02 Å². The van der Waals surface area contributed by atoms with E-state index < -0.39 is 11.6 Å². The van der Waals surface area contributed by atoms with Gasteiger partial charge in [0.05, 0.1) is 17.6 Å². The quantitative estimate of drug-likeness (QED) is 0.928. The maximum Gasteiger partial charge on any atom is 0.143 e. The number of rotatable bonds is 4. The largest absolute Gasteiger partial charge is 0.546 e. The van der Waals surface area contributed by atoms with Gasteiger partial charge in [-0.2, -0.15) is 0 Å². The zero-order chi connectivity index (χ0) is 16.6. The lowest BCUT2D eigenvalue weighted by Gasteiger charge is -2.27. The number of ether oxygens (including phenoxy) is 1. The third kappa shape index (κ3) is 5.71. The van der Waals surface area contributed by atoms with Crippen LogP contribution in [-0.4, -0.2) is 21.7 Å². The van der Waals surface area contributed by atoms with Crippen molar-refractivity contribution in [3.05, 3.63) is 59.4 Å². The van der Waals surface area contributed by atoms with E-state index in [1.165, 1.54) is 13.8 Å². The van der Waals surface area contributed by atoms with E-state index >= 15 is 0 Å². The molecular weight excluding hydrogens is 306 g/mol. The average Bonchev–Trinajstić information content (AvgIpc) is 2.51. The van der Waals surface area contributed by atoms with Crippen LogP contribution < -0.4 is 9.84 Å². The molecule has 0 atom stereocenters. The number of carbonyl (C=O) groups excluding carboxylic acids is 1. The molecule has 0 aliphatic carbocycles. The van der Waals surface area contributed by atoms with Crippen LogP contribution in [0.4, 0.5) is 0 Å². The molecule has 0 unspecified atom stereocenters. The number of nitrogens with zero attached hydrogens (tertiary/aromatic N) is 1. The number of aromatic nitrogens is 1. The highest BCUT2D eigenvalue weighted by atomic mass is 35.5. The normalized spacial score (nSPS) is 10.4. The zero-order valence-corrected chi connectivity index (χ0v) is 13.1. The molecule has 6 heteroatoms. The maximum absolute atomic E-state index is 10.7. The number of aliphatic hydroxyl groups is 1. The minimum absolute atomic E-state index is 0.0772. The first-order valence-electron chi connectivity index (χ1n) is 6.51. The lowest BCUT2D eigenvalue weighted by Crippen LogP contribution is -2.47. The molecule has 0 amide bonds. The van der Waals surface area contributed by atoms with Crippen molar-refractivity contribution in [2.75, 3.05) is 0 Å².